The Morgan fingerprint density at radius 3 is 2.68 bits per heavy atom. The number of pyridine rings is 1. The number of nitrogens with one attached hydrogen (secondary N) is 1. The lowest BCUT2D eigenvalue weighted by atomic mass is 9.95. The van der Waals surface area contributed by atoms with E-state index in [9.17, 15) is 14.0 Å². The normalized spacial score (nSPS) is 11.0. The van der Waals surface area contributed by atoms with Gasteiger partial charge in [0.1, 0.15) is 12.4 Å². The molecule has 0 saturated carbocycles. The van der Waals surface area contributed by atoms with Crippen LogP contribution in [0, 0.1) is 23.1 Å². The van der Waals surface area contributed by atoms with Crippen LogP contribution >= 0.6 is 22.9 Å². The lowest BCUT2D eigenvalue weighted by molar-refractivity contribution is -0.141. The van der Waals surface area contributed by atoms with Gasteiger partial charge in [0.05, 0.1) is 16.1 Å². The van der Waals surface area contributed by atoms with Gasteiger partial charge in [0.25, 0.3) is 5.91 Å². The molecule has 0 aromatic carbocycles. The van der Waals surface area contributed by atoms with Crippen molar-refractivity contribution in [1.82, 2.24) is 19.7 Å². The predicted octanol–water partition coefficient (Wildman–Crippen LogP) is 5.03. The van der Waals surface area contributed by atoms with Gasteiger partial charge in [-0.2, -0.15) is 5.10 Å². The number of anilines is 1. The van der Waals surface area contributed by atoms with Gasteiger partial charge in [0, 0.05) is 23.7 Å². The highest BCUT2D eigenvalue weighted by molar-refractivity contribution is 7.10. The van der Waals surface area contributed by atoms with E-state index in [1.165, 1.54) is 34.5 Å². The molecule has 3 heterocycles. The van der Waals surface area contributed by atoms with E-state index in [1.54, 1.807) is 4.90 Å². The smallest absolute Gasteiger partial charge is 0.276 e. The SMILES string of the molecule is CCCN(Cn1ncc(Cl)c1C(=O)Nc1ncc(C#Cc2cccs2)cc1F)C(=O)C(C)(C)C. The van der Waals surface area contributed by atoms with Gasteiger partial charge >= 0.3 is 0 Å². The van der Waals surface area contributed by atoms with E-state index >= 15 is 0 Å². The number of thiophene rings is 1. The van der Waals surface area contributed by atoms with Crippen LogP contribution in [-0.4, -0.2) is 38.0 Å². The highest BCUT2D eigenvalue weighted by atomic mass is 35.5. The van der Waals surface area contributed by atoms with Crippen LogP contribution in [0.2, 0.25) is 5.02 Å². The van der Waals surface area contributed by atoms with Crippen molar-refractivity contribution < 1.29 is 14.0 Å². The van der Waals surface area contributed by atoms with Gasteiger partial charge < -0.3 is 10.2 Å². The lowest BCUT2D eigenvalue weighted by Gasteiger charge is -2.29. The Morgan fingerprint density at radius 2 is 2.06 bits per heavy atom. The minimum absolute atomic E-state index is 0.00671. The van der Waals surface area contributed by atoms with Gasteiger partial charge in [-0.25, -0.2) is 14.1 Å². The van der Waals surface area contributed by atoms with Gasteiger partial charge in [-0.05, 0) is 23.9 Å². The quantitative estimate of drug-likeness (QED) is 0.480. The lowest BCUT2D eigenvalue weighted by Crippen LogP contribution is -2.41. The Kier molecular flexibility index (Phi) is 8.07. The van der Waals surface area contributed by atoms with Crippen molar-refractivity contribution in [1.29, 1.82) is 0 Å². The van der Waals surface area contributed by atoms with Crippen LogP contribution in [0.4, 0.5) is 10.2 Å². The molecule has 0 aliphatic rings. The average Bonchev–Trinajstić information content (AvgIpc) is 3.42. The molecule has 34 heavy (non-hydrogen) atoms. The first-order valence-corrected chi connectivity index (χ1v) is 11.9. The zero-order chi connectivity index (χ0) is 24.9. The second-order valence-corrected chi connectivity index (χ2v) is 9.89. The van der Waals surface area contributed by atoms with Gasteiger partial charge in [0.2, 0.25) is 5.91 Å². The van der Waals surface area contributed by atoms with E-state index in [1.807, 2.05) is 45.2 Å². The Morgan fingerprint density at radius 1 is 1.29 bits per heavy atom. The molecule has 0 spiro atoms. The van der Waals surface area contributed by atoms with Crippen molar-refractivity contribution in [2.24, 2.45) is 5.41 Å². The van der Waals surface area contributed by atoms with E-state index in [4.69, 9.17) is 11.6 Å². The summed E-state index contributed by atoms with van der Waals surface area (Å²) in [7, 11) is 0. The third-order valence-corrected chi connectivity index (χ3v) is 5.72. The second kappa shape index (κ2) is 10.8. The minimum atomic E-state index is -0.732. The molecule has 1 N–H and O–H groups in total. The van der Waals surface area contributed by atoms with Crippen molar-refractivity contribution in [2.75, 3.05) is 11.9 Å². The van der Waals surface area contributed by atoms with Gasteiger partial charge in [0.15, 0.2) is 11.6 Å². The maximum atomic E-state index is 14.6. The van der Waals surface area contributed by atoms with Crippen LogP contribution < -0.4 is 5.32 Å². The van der Waals surface area contributed by atoms with Crippen molar-refractivity contribution in [3.63, 3.8) is 0 Å². The van der Waals surface area contributed by atoms with Crippen molar-refractivity contribution >= 4 is 40.6 Å². The first kappa shape index (κ1) is 25.4. The van der Waals surface area contributed by atoms with Gasteiger partial charge in [-0.1, -0.05) is 57.2 Å². The Hall–Kier alpha value is -3.22. The van der Waals surface area contributed by atoms with Crippen LogP contribution in [0.25, 0.3) is 0 Å². The van der Waals surface area contributed by atoms with Crippen molar-refractivity contribution in [3.05, 3.63) is 62.9 Å². The number of rotatable bonds is 6. The average molecular weight is 502 g/mol. The topological polar surface area (TPSA) is 80.1 Å². The number of hydrogen-bond acceptors (Lipinski definition) is 5. The number of hydrogen-bond donors (Lipinski definition) is 1. The zero-order valence-corrected chi connectivity index (χ0v) is 20.9. The van der Waals surface area contributed by atoms with E-state index in [0.717, 1.165) is 11.3 Å². The number of carbonyl (C=O) groups is 2. The molecule has 0 unspecified atom stereocenters. The molecule has 178 valence electrons. The van der Waals surface area contributed by atoms with Gasteiger partial charge in [-0.3, -0.25) is 9.59 Å². The third kappa shape index (κ3) is 6.22. The fourth-order valence-electron chi connectivity index (χ4n) is 3.09. The van der Waals surface area contributed by atoms with E-state index < -0.39 is 17.1 Å². The number of carbonyl (C=O) groups excluding carboxylic acids is 2. The molecule has 3 aromatic heterocycles. The van der Waals surface area contributed by atoms with Crippen LogP contribution in [0.15, 0.2) is 36.0 Å². The molecule has 0 aliphatic heterocycles. The number of aromatic nitrogens is 3. The fourth-order valence-corrected chi connectivity index (χ4v) is 3.88. The molecule has 3 aromatic rings. The first-order chi connectivity index (χ1) is 16.1. The summed E-state index contributed by atoms with van der Waals surface area (Å²) in [5.41, 5.74) is -0.217. The van der Waals surface area contributed by atoms with E-state index in [0.29, 0.717) is 12.1 Å². The minimum Gasteiger partial charge on any atom is -0.323 e. The highest BCUT2D eigenvalue weighted by Crippen LogP contribution is 2.22. The standard InChI is InChI=1S/C24H25ClFN5O2S/c1-5-10-30(23(33)24(2,3)4)15-31-20(18(25)14-28-31)22(32)29-21-19(26)12-16(13-27-21)8-9-17-7-6-11-34-17/h6-7,11-14H,5,10,15H2,1-4H3,(H,27,29,32). The summed E-state index contributed by atoms with van der Waals surface area (Å²) >= 11 is 7.69. The molecule has 10 heteroatoms. The molecule has 0 saturated heterocycles. The maximum absolute atomic E-state index is 14.6. The van der Waals surface area contributed by atoms with Crippen LogP contribution in [-0.2, 0) is 11.5 Å². The maximum Gasteiger partial charge on any atom is 0.276 e. The molecule has 7 nitrogen and oxygen atoms in total. The second-order valence-electron chi connectivity index (χ2n) is 8.54. The number of nitrogens with zero attached hydrogens (tertiary/aromatic N) is 4. The van der Waals surface area contributed by atoms with Crippen LogP contribution in [0.3, 0.4) is 0 Å². The fraction of sp³-hybridized carbons (Fsp3) is 0.333. The number of halogens is 2. The Bertz CT molecular complexity index is 1240. The predicted molar refractivity (Wildman–Crippen MR) is 131 cm³/mol. The molecular weight excluding hydrogens is 477 g/mol. The van der Waals surface area contributed by atoms with Crippen molar-refractivity contribution in [2.45, 2.75) is 40.8 Å². The summed E-state index contributed by atoms with van der Waals surface area (Å²) in [5, 5.41) is 8.56. The Labute approximate surface area is 206 Å². The molecular formula is C24H25ClFN5O2S. The van der Waals surface area contributed by atoms with Crippen LogP contribution in [0.5, 0.6) is 0 Å². The summed E-state index contributed by atoms with van der Waals surface area (Å²) in [6, 6.07) is 4.94. The van der Waals surface area contributed by atoms with Crippen molar-refractivity contribution in [3.8, 4) is 11.8 Å². The van der Waals surface area contributed by atoms with Gasteiger partial charge in [-0.15, -0.1) is 11.3 Å². The molecule has 0 atom stereocenters. The highest BCUT2D eigenvalue weighted by Gasteiger charge is 2.29. The van der Waals surface area contributed by atoms with Crippen LogP contribution in [0.1, 0.15) is 55.0 Å². The molecule has 3 rings (SSSR count). The summed E-state index contributed by atoms with van der Waals surface area (Å²) in [6.07, 6.45) is 3.42. The summed E-state index contributed by atoms with van der Waals surface area (Å²) in [5.74, 6) is 4.01. The summed E-state index contributed by atoms with van der Waals surface area (Å²) in [4.78, 5) is 32.2. The zero-order valence-electron chi connectivity index (χ0n) is 19.4. The molecule has 2 amide bonds. The molecule has 0 fully saturated rings. The first-order valence-electron chi connectivity index (χ1n) is 10.6. The Balaban J connectivity index is 1.79. The summed E-state index contributed by atoms with van der Waals surface area (Å²) in [6.45, 7) is 7.95. The number of amides is 2. The summed E-state index contributed by atoms with van der Waals surface area (Å²) < 4.78 is 15.9. The van der Waals surface area contributed by atoms with E-state index in [2.05, 4.69) is 27.2 Å². The largest absolute Gasteiger partial charge is 0.323 e. The molecule has 0 bridgehead atoms. The molecule has 0 radical (unpaired) electrons. The third-order valence-electron chi connectivity index (χ3n) is 4.66. The molecule has 0 aliphatic carbocycles. The van der Waals surface area contributed by atoms with E-state index in [-0.39, 0.29) is 29.1 Å². The monoisotopic (exact) mass is 501 g/mol.